The van der Waals surface area contributed by atoms with Crippen molar-refractivity contribution in [2.45, 2.75) is 70.9 Å². The first-order valence-corrected chi connectivity index (χ1v) is 8.81. The SMILES string of the molecule is Cc1ccc(S(=O)(=O)N2[C@H](C)CCC[C@@H]2C)c(C)c1C. The molecule has 20 heavy (non-hydrogen) atoms. The Bertz CT molecular complexity index is 597. The number of hydrogen-bond donors (Lipinski definition) is 0. The van der Waals surface area contributed by atoms with Gasteiger partial charge < -0.3 is 0 Å². The van der Waals surface area contributed by atoms with E-state index < -0.39 is 10.0 Å². The van der Waals surface area contributed by atoms with Gasteiger partial charge in [-0.2, -0.15) is 4.31 Å². The van der Waals surface area contributed by atoms with Crippen LogP contribution in [0.1, 0.15) is 49.8 Å². The summed E-state index contributed by atoms with van der Waals surface area (Å²) in [7, 11) is -3.40. The van der Waals surface area contributed by atoms with Crippen LogP contribution in [0.15, 0.2) is 17.0 Å². The molecule has 0 unspecified atom stereocenters. The van der Waals surface area contributed by atoms with Gasteiger partial charge in [0.2, 0.25) is 10.0 Å². The average molecular weight is 295 g/mol. The first-order chi connectivity index (χ1) is 9.26. The van der Waals surface area contributed by atoms with Crippen molar-refractivity contribution in [3.63, 3.8) is 0 Å². The van der Waals surface area contributed by atoms with Crippen molar-refractivity contribution in [2.75, 3.05) is 0 Å². The first kappa shape index (κ1) is 15.5. The predicted octanol–water partition coefficient (Wildman–Crippen LogP) is 3.56. The van der Waals surface area contributed by atoms with Gasteiger partial charge in [-0.05, 0) is 70.2 Å². The predicted molar refractivity (Wildman–Crippen MR) is 82.5 cm³/mol. The Balaban J connectivity index is 2.52. The van der Waals surface area contributed by atoms with E-state index in [2.05, 4.69) is 0 Å². The van der Waals surface area contributed by atoms with Gasteiger partial charge in [-0.1, -0.05) is 12.5 Å². The Hall–Kier alpha value is -0.870. The molecular formula is C16H25NO2S. The molecule has 0 bridgehead atoms. The third-order valence-corrected chi connectivity index (χ3v) is 6.95. The second-order valence-corrected chi connectivity index (χ2v) is 7.91. The molecule has 3 nitrogen and oxygen atoms in total. The molecule has 0 aliphatic carbocycles. The summed E-state index contributed by atoms with van der Waals surface area (Å²) in [6, 6.07) is 3.85. The molecule has 0 radical (unpaired) electrons. The quantitative estimate of drug-likeness (QED) is 0.836. The topological polar surface area (TPSA) is 37.4 Å². The van der Waals surface area contributed by atoms with Gasteiger partial charge in [-0.15, -0.1) is 0 Å². The second kappa shape index (κ2) is 5.49. The first-order valence-electron chi connectivity index (χ1n) is 7.37. The highest BCUT2D eigenvalue weighted by molar-refractivity contribution is 7.89. The van der Waals surface area contributed by atoms with Crippen molar-refractivity contribution in [1.29, 1.82) is 0 Å². The lowest BCUT2D eigenvalue weighted by molar-refractivity contribution is 0.204. The molecule has 1 saturated heterocycles. The van der Waals surface area contributed by atoms with Gasteiger partial charge in [0.25, 0.3) is 0 Å². The third-order valence-electron chi connectivity index (χ3n) is 4.68. The van der Waals surface area contributed by atoms with Gasteiger partial charge in [0, 0.05) is 12.1 Å². The molecule has 2 atom stereocenters. The fraction of sp³-hybridized carbons (Fsp3) is 0.625. The molecule has 1 aliphatic heterocycles. The van der Waals surface area contributed by atoms with Crippen molar-refractivity contribution < 1.29 is 8.42 Å². The molecule has 1 aromatic carbocycles. The van der Waals surface area contributed by atoms with Crippen LogP contribution >= 0.6 is 0 Å². The van der Waals surface area contributed by atoms with Gasteiger partial charge in [0.15, 0.2) is 0 Å². The van der Waals surface area contributed by atoms with Crippen LogP contribution in [0, 0.1) is 20.8 Å². The highest BCUT2D eigenvalue weighted by Gasteiger charge is 2.36. The molecule has 0 spiro atoms. The summed E-state index contributed by atoms with van der Waals surface area (Å²) in [4.78, 5) is 0.473. The maximum atomic E-state index is 13.0. The minimum atomic E-state index is -3.40. The van der Waals surface area contributed by atoms with E-state index in [1.165, 1.54) is 0 Å². The number of aryl methyl sites for hydroxylation is 1. The molecule has 1 heterocycles. The Labute approximate surface area is 123 Å². The molecule has 1 fully saturated rings. The number of sulfonamides is 1. The van der Waals surface area contributed by atoms with Crippen molar-refractivity contribution in [3.05, 3.63) is 28.8 Å². The van der Waals surface area contributed by atoms with E-state index >= 15 is 0 Å². The molecule has 2 rings (SSSR count). The third kappa shape index (κ3) is 2.51. The fourth-order valence-electron chi connectivity index (χ4n) is 3.20. The largest absolute Gasteiger partial charge is 0.243 e. The van der Waals surface area contributed by atoms with Crippen LogP contribution in [0.4, 0.5) is 0 Å². The van der Waals surface area contributed by atoms with E-state index in [1.54, 1.807) is 10.4 Å². The summed E-state index contributed by atoms with van der Waals surface area (Å²) in [5, 5.41) is 0. The number of rotatable bonds is 2. The Kier molecular flexibility index (Phi) is 4.26. The van der Waals surface area contributed by atoms with Crippen LogP contribution in [0.25, 0.3) is 0 Å². The maximum absolute atomic E-state index is 13.0. The molecule has 112 valence electrons. The molecule has 0 amide bonds. The average Bonchev–Trinajstić information content (AvgIpc) is 2.35. The lowest BCUT2D eigenvalue weighted by Gasteiger charge is -2.38. The van der Waals surface area contributed by atoms with Crippen LogP contribution in [-0.2, 0) is 10.0 Å². The standard InChI is InChI=1S/C16H25NO2S/c1-11-9-10-16(15(5)14(11)4)20(18,19)17-12(2)7-6-8-13(17)3/h9-10,12-13H,6-8H2,1-5H3/t12-,13+. The highest BCUT2D eigenvalue weighted by atomic mass is 32.2. The minimum absolute atomic E-state index is 0.0877. The van der Waals surface area contributed by atoms with Gasteiger partial charge >= 0.3 is 0 Å². The summed E-state index contributed by atoms with van der Waals surface area (Å²) >= 11 is 0. The Morgan fingerprint density at radius 3 is 2.10 bits per heavy atom. The molecule has 0 saturated carbocycles. The van der Waals surface area contributed by atoms with Crippen molar-refractivity contribution in [1.82, 2.24) is 4.31 Å². The monoisotopic (exact) mass is 295 g/mol. The van der Waals surface area contributed by atoms with Crippen LogP contribution in [-0.4, -0.2) is 24.8 Å². The number of piperidine rings is 1. The second-order valence-electron chi connectivity index (χ2n) is 6.09. The van der Waals surface area contributed by atoms with Crippen molar-refractivity contribution in [3.8, 4) is 0 Å². The summed E-state index contributed by atoms with van der Waals surface area (Å²) < 4.78 is 27.8. The lowest BCUT2D eigenvalue weighted by atomic mass is 10.0. The molecular weight excluding hydrogens is 270 g/mol. The highest BCUT2D eigenvalue weighted by Crippen LogP contribution is 2.32. The summed E-state index contributed by atoms with van der Waals surface area (Å²) in [5.74, 6) is 0. The zero-order valence-electron chi connectivity index (χ0n) is 13.1. The molecule has 0 aromatic heterocycles. The van der Waals surface area contributed by atoms with E-state index in [0.717, 1.165) is 36.0 Å². The van der Waals surface area contributed by atoms with Crippen LogP contribution in [0.2, 0.25) is 0 Å². The number of nitrogens with zero attached hydrogens (tertiary/aromatic N) is 1. The molecule has 4 heteroatoms. The molecule has 1 aromatic rings. The molecule has 0 N–H and O–H groups in total. The zero-order valence-corrected chi connectivity index (χ0v) is 13.9. The Morgan fingerprint density at radius 1 is 1.00 bits per heavy atom. The normalized spacial score (nSPS) is 24.9. The van der Waals surface area contributed by atoms with E-state index in [9.17, 15) is 8.42 Å². The van der Waals surface area contributed by atoms with Crippen LogP contribution in [0.3, 0.4) is 0 Å². The van der Waals surface area contributed by atoms with Gasteiger partial charge in [0.1, 0.15) is 0 Å². The Morgan fingerprint density at radius 2 is 1.55 bits per heavy atom. The lowest BCUT2D eigenvalue weighted by Crippen LogP contribution is -2.47. The van der Waals surface area contributed by atoms with E-state index in [-0.39, 0.29) is 12.1 Å². The smallest absolute Gasteiger partial charge is 0.207 e. The summed E-state index contributed by atoms with van der Waals surface area (Å²) in [6.07, 6.45) is 3.02. The minimum Gasteiger partial charge on any atom is -0.207 e. The summed E-state index contributed by atoms with van der Waals surface area (Å²) in [5.41, 5.74) is 3.10. The molecule has 1 aliphatic rings. The maximum Gasteiger partial charge on any atom is 0.243 e. The summed E-state index contributed by atoms with van der Waals surface area (Å²) in [6.45, 7) is 9.96. The van der Waals surface area contributed by atoms with E-state index in [4.69, 9.17) is 0 Å². The van der Waals surface area contributed by atoms with E-state index in [1.807, 2.05) is 40.7 Å². The van der Waals surface area contributed by atoms with Gasteiger partial charge in [-0.25, -0.2) is 8.42 Å². The zero-order chi connectivity index (χ0) is 15.1. The van der Waals surface area contributed by atoms with Gasteiger partial charge in [-0.3, -0.25) is 0 Å². The van der Waals surface area contributed by atoms with Crippen LogP contribution < -0.4 is 0 Å². The van der Waals surface area contributed by atoms with Crippen molar-refractivity contribution in [2.24, 2.45) is 0 Å². The van der Waals surface area contributed by atoms with Crippen LogP contribution in [0.5, 0.6) is 0 Å². The van der Waals surface area contributed by atoms with Gasteiger partial charge in [0.05, 0.1) is 4.90 Å². The number of benzene rings is 1. The number of hydrogen-bond acceptors (Lipinski definition) is 2. The van der Waals surface area contributed by atoms with E-state index in [0.29, 0.717) is 4.90 Å². The fourth-order valence-corrected chi connectivity index (χ4v) is 5.36. The van der Waals surface area contributed by atoms with Crippen molar-refractivity contribution >= 4 is 10.0 Å².